The van der Waals surface area contributed by atoms with Crippen molar-refractivity contribution in [1.82, 2.24) is 9.99 Å². The van der Waals surface area contributed by atoms with Gasteiger partial charge in [-0.25, -0.2) is 5.43 Å². The molecule has 1 N–H and O–H groups in total. The summed E-state index contributed by atoms with van der Waals surface area (Å²) in [4.78, 5) is 12.5. The molecular formula is C18H21N3O. The Kier molecular flexibility index (Phi) is 4.37. The van der Waals surface area contributed by atoms with E-state index < -0.39 is 0 Å². The summed E-state index contributed by atoms with van der Waals surface area (Å²) in [6, 6.07) is 11.5. The Morgan fingerprint density at radius 1 is 1.18 bits per heavy atom. The van der Waals surface area contributed by atoms with Gasteiger partial charge in [-0.05, 0) is 49.4 Å². The average molecular weight is 295 g/mol. The maximum atomic E-state index is 12.5. The van der Waals surface area contributed by atoms with E-state index in [0.717, 1.165) is 24.2 Å². The third-order valence-corrected chi connectivity index (χ3v) is 4.22. The highest BCUT2D eigenvalue weighted by molar-refractivity contribution is 5.98. The van der Waals surface area contributed by atoms with E-state index in [4.69, 9.17) is 0 Å². The summed E-state index contributed by atoms with van der Waals surface area (Å²) in [5.41, 5.74) is 5.34. The molecule has 1 atom stereocenters. The number of hydrazone groups is 1. The first-order valence-corrected chi connectivity index (χ1v) is 7.85. The van der Waals surface area contributed by atoms with Crippen molar-refractivity contribution in [3.05, 3.63) is 54.4 Å². The minimum absolute atomic E-state index is 0.158. The van der Waals surface area contributed by atoms with Crippen LogP contribution in [0.15, 0.2) is 53.9 Å². The van der Waals surface area contributed by atoms with E-state index in [1.165, 1.54) is 12.8 Å². The lowest BCUT2D eigenvalue weighted by Crippen LogP contribution is -2.25. The summed E-state index contributed by atoms with van der Waals surface area (Å²) in [5, 5.41) is 4.37. The number of hydrogen-bond donors (Lipinski definition) is 1. The van der Waals surface area contributed by atoms with Crippen molar-refractivity contribution >= 4 is 11.6 Å². The van der Waals surface area contributed by atoms with Gasteiger partial charge in [0, 0.05) is 18.1 Å². The van der Waals surface area contributed by atoms with Gasteiger partial charge in [-0.3, -0.25) is 4.79 Å². The van der Waals surface area contributed by atoms with Gasteiger partial charge in [-0.15, -0.1) is 0 Å². The predicted molar refractivity (Wildman–Crippen MR) is 88.3 cm³/mol. The summed E-state index contributed by atoms with van der Waals surface area (Å²) in [5.74, 6) is 0.309. The Morgan fingerprint density at radius 2 is 1.95 bits per heavy atom. The molecular weight excluding hydrogens is 274 g/mol. The van der Waals surface area contributed by atoms with Crippen LogP contribution >= 0.6 is 0 Å². The van der Waals surface area contributed by atoms with Gasteiger partial charge in [0.25, 0.3) is 5.91 Å². The maximum absolute atomic E-state index is 12.5. The van der Waals surface area contributed by atoms with Crippen molar-refractivity contribution in [2.45, 2.75) is 32.6 Å². The van der Waals surface area contributed by atoms with Gasteiger partial charge in [-0.2, -0.15) is 5.10 Å². The van der Waals surface area contributed by atoms with Crippen LogP contribution in [0.25, 0.3) is 5.69 Å². The SMILES string of the molecule is C[C@H]1CCCCC1=NNC(=O)c1ccccc1-n1cccc1. The normalized spacial score (nSPS) is 20.0. The van der Waals surface area contributed by atoms with Crippen LogP contribution < -0.4 is 5.43 Å². The van der Waals surface area contributed by atoms with Gasteiger partial charge in [-0.1, -0.05) is 25.5 Å². The second kappa shape index (κ2) is 6.60. The van der Waals surface area contributed by atoms with E-state index in [2.05, 4.69) is 17.5 Å². The van der Waals surface area contributed by atoms with Gasteiger partial charge in [0.15, 0.2) is 0 Å². The van der Waals surface area contributed by atoms with Gasteiger partial charge in [0.05, 0.1) is 11.3 Å². The number of benzene rings is 1. The number of hydrogen-bond acceptors (Lipinski definition) is 2. The fraction of sp³-hybridized carbons (Fsp3) is 0.333. The molecule has 0 radical (unpaired) electrons. The Bertz CT molecular complexity index is 673. The molecule has 0 aliphatic heterocycles. The Balaban J connectivity index is 1.80. The molecule has 1 heterocycles. The Hall–Kier alpha value is -2.36. The highest BCUT2D eigenvalue weighted by Gasteiger charge is 2.17. The standard InChI is InChI=1S/C18H21N3O/c1-14-8-2-4-10-16(14)19-20-18(22)15-9-3-5-11-17(15)21-12-6-7-13-21/h3,5-7,9,11-14H,2,4,8,10H2,1H3,(H,20,22)/t14-/m0/s1. The smallest absolute Gasteiger partial charge is 0.273 e. The molecule has 0 bridgehead atoms. The quantitative estimate of drug-likeness (QED) is 0.861. The van der Waals surface area contributed by atoms with Crippen LogP contribution in [0.4, 0.5) is 0 Å². The van der Waals surface area contributed by atoms with Crippen LogP contribution in [-0.2, 0) is 0 Å². The zero-order valence-electron chi connectivity index (χ0n) is 12.8. The minimum atomic E-state index is -0.158. The lowest BCUT2D eigenvalue weighted by molar-refractivity contribution is 0.0954. The molecule has 1 fully saturated rings. The molecule has 1 aliphatic carbocycles. The molecule has 0 saturated heterocycles. The van der Waals surface area contributed by atoms with Crippen LogP contribution in [-0.4, -0.2) is 16.2 Å². The molecule has 1 saturated carbocycles. The lowest BCUT2D eigenvalue weighted by Gasteiger charge is -2.20. The second-order valence-corrected chi connectivity index (χ2v) is 5.80. The Morgan fingerprint density at radius 3 is 2.73 bits per heavy atom. The van der Waals surface area contributed by atoms with Crippen LogP contribution in [0.3, 0.4) is 0 Å². The zero-order chi connectivity index (χ0) is 15.4. The first-order valence-electron chi connectivity index (χ1n) is 7.85. The topological polar surface area (TPSA) is 46.4 Å². The Labute approximate surface area is 130 Å². The van der Waals surface area contributed by atoms with E-state index >= 15 is 0 Å². The third-order valence-electron chi connectivity index (χ3n) is 4.22. The molecule has 1 aliphatic rings. The van der Waals surface area contributed by atoms with Crippen LogP contribution in [0.5, 0.6) is 0 Å². The van der Waals surface area contributed by atoms with Crippen LogP contribution in [0.2, 0.25) is 0 Å². The first kappa shape index (κ1) is 14.6. The van der Waals surface area contributed by atoms with E-state index in [1.807, 2.05) is 53.4 Å². The molecule has 2 aromatic rings. The number of carbonyl (C=O) groups excluding carboxylic acids is 1. The molecule has 4 nitrogen and oxygen atoms in total. The number of carbonyl (C=O) groups is 1. The molecule has 3 rings (SSSR count). The van der Waals surface area contributed by atoms with Crippen molar-refractivity contribution in [3.63, 3.8) is 0 Å². The second-order valence-electron chi connectivity index (χ2n) is 5.80. The van der Waals surface area contributed by atoms with Crippen molar-refractivity contribution in [3.8, 4) is 5.69 Å². The van der Waals surface area contributed by atoms with Crippen LogP contribution in [0, 0.1) is 5.92 Å². The number of nitrogens with zero attached hydrogens (tertiary/aromatic N) is 2. The van der Waals surface area contributed by atoms with E-state index in [9.17, 15) is 4.79 Å². The van der Waals surface area contributed by atoms with E-state index in [-0.39, 0.29) is 5.91 Å². The number of aromatic nitrogens is 1. The summed E-state index contributed by atoms with van der Waals surface area (Å²) < 4.78 is 1.94. The fourth-order valence-corrected chi connectivity index (χ4v) is 2.90. The number of amides is 1. The maximum Gasteiger partial charge on any atom is 0.273 e. The van der Waals surface area contributed by atoms with Gasteiger partial charge >= 0.3 is 0 Å². The van der Waals surface area contributed by atoms with Crippen molar-refractivity contribution < 1.29 is 4.79 Å². The summed E-state index contributed by atoms with van der Waals surface area (Å²) >= 11 is 0. The first-order chi connectivity index (χ1) is 10.8. The van der Waals surface area contributed by atoms with Gasteiger partial charge < -0.3 is 4.57 Å². The number of rotatable bonds is 3. The zero-order valence-corrected chi connectivity index (χ0v) is 12.8. The average Bonchev–Trinajstić information content (AvgIpc) is 3.08. The predicted octanol–water partition coefficient (Wildman–Crippen LogP) is 3.77. The largest absolute Gasteiger partial charge is 0.323 e. The molecule has 114 valence electrons. The fourth-order valence-electron chi connectivity index (χ4n) is 2.90. The van der Waals surface area contributed by atoms with Gasteiger partial charge in [0.1, 0.15) is 0 Å². The lowest BCUT2D eigenvalue weighted by atomic mass is 9.89. The molecule has 0 unspecified atom stereocenters. The summed E-state index contributed by atoms with van der Waals surface area (Å²) in [6.45, 7) is 2.18. The highest BCUT2D eigenvalue weighted by Crippen LogP contribution is 2.21. The minimum Gasteiger partial charge on any atom is -0.323 e. The monoisotopic (exact) mass is 295 g/mol. The van der Waals surface area contributed by atoms with Crippen LogP contribution in [0.1, 0.15) is 43.0 Å². The number of nitrogens with one attached hydrogen (secondary N) is 1. The highest BCUT2D eigenvalue weighted by atomic mass is 16.2. The van der Waals surface area contributed by atoms with Crippen molar-refractivity contribution in [2.24, 2.45) is 11.0 Å². The summed E-state index contributed by atoms with van der Waals surface area (Å²) in [7, 11) is 0. The molecule has 4 heteroatoms. The molecule has 22 heavy (non-hydrogen) atoms. The summed E-state index contributed by atoms with van der Waals surface area (Å²) in [6.07, 6.45) is 8.43. The molecule has 1 aromatic heterocycles. The van der Waals surface area contributed by atoms with Crippen molar-refractivity contribution in [1.29, 1.82) is 0 Å². The molecule has 1 amide bonds. The van der Waals surface area contributed by atoms with E-state index in [1.54, 1.807) is 0 Å². The molecule has 1 aromatic carbocycles. The van der Waals surface area contributed by atoms with E-state index in [0.29, 0.717) is 11.5 Å². The molecule has 0 spiro atoms. The van der Waals surface area contributed by atoms with Gasteiger partial charge in [0.2, 0.25) is 0 Å². The third kappa shape index (κ3) is 3.11. The number of para-hydroxylation sites is 1. The van der Waals surface area contributed by atoms with Crippen molar-refractivity contribution in [2.75, 3.05) is 0 Å².